The van der Waals surface area contributed by atoms with E-state index in [1.54, 1.807) is 0 Å². The van der Waals surface area contributed by atoms with Gasteiger partial charge in [0.15, 0.2) is 0 Å². The summed E-state index contributed by atoms with van der Waals surface area (Å²) in [7, 11) is 0. The van der Waals surface area contributed by atoms with Gasteiger partial charge in [-0.2, -0.15) is 0 Å². The smallest absolute Gasteiger partial charge is 0.0696 e. The molecule has 1 heterocycles. The molecular weight excluding hydrogens is 194 g/mol. The van der Waals surface area contributed by atoms with Crippen molar-refractivity contribution in [3.05, 3.63) is 27.8 Å². The SMILES string of the molecule is Cc1c(C)c(C(C)(C)C)c(C)c2c1CC=N2. The summed E-state index contributed by atoms with van der Waals surface area (Å²) in [5.41, 5.74) is 8.60. The number of rotatable bonds is 0. The maximum Gasteiger partial charge on any atom is 0.0696 e. The molecule has 16 heavy (non-hydrogen) atoms. The van der Waals surface area contributed by atoms with E-state index in [0.29, 0.717) is 0 Å². The summed E-state index contributed by atoms with van der Waals surface area (Å²) in [5.74, 6) is 0. The summed E-state index contributed by atoms with van der Waals surface area (Å²) in [6.45, 7) is 13.6. The Morgan fingerprint density at radius 2 is 1.62 bits per heavy atom. The second kappa shape index (κ2) is 3.44. The Labute approximate surface area is 98.6 Å². The van der Waals surface area contributed by atoms with Gasteiger partial charge in [0.05, 0.1) is 5.69 Å². The standard InChI is InChI=1S/C15H21N/c1-9-10(2)13(15(4,5)6)11(3)14-12(9)7-8-16-14/h8H,7H2,1-6H3. The predicted molar refractivity (Wildman–Crippen MR) is 71.2 cm³/mol. The van der Waals surface area contributed by atoms with Crippen LogP contribution in [0, 0.1) is 20.8 Å². The maximum atomic E-state index is 4.55. The fourth-order valence-electron chi connectivity index (χ4n) is 3.00. The minimum absolute atomic E-state index is 0.200. The Bertz CT molecular complexity index is 473. The van der Waals surface area contributed by atoms with Crippen molar-refractivity contribution in [2.75, 3.05) is 0 Å². The number of aliphatic imine (C=N–C) groups is 1. The van der Waals surface area contributed by atoms with Crippen molar-refractivity contribution >= 4 is 11.9 Å². The van der Waals surface area contributed by atoms with Gasteiger partial charge in [-0.3, -0.25) is 4.99 Å². The van der Waals surface area contributed by atoms with Crippen LogP contribution in [0.2, 0.25) is 0 Å². The van der Waals surface area contributed by atoms with E-state index in [-0.39, 0.29) is 5.41 Å². The van der Waals surface area contributed by atoms with Crippen LogP contribution in [-0.2, 0) is 11.8 Å². The van der Waals surface area contributed by atoms with E-state index in [1.807, 2.05) is 6.21 Å². The number of hydrogen-bond acceptors (Lipinski definition) is 1. The van der Waals surface area contributed by atoms with Crippen molar-refractivity contribution < 1.29 is 0 Å². The van der Waals surface area contributed by atoms with E-state index in [0.717, 1.165) is 6.42 Å². The molecule has 0 aromatic heterocycles. The number of fused-ring (bicyclic) bond motifs is 1. The van der Waals surface area contributed by atoms with Crippen LogP contribution in [0.4, 0.5) is 5.69 Å². The van der Waals surface area contributed by atoms with Gasteiger partial charge in [-0.1, -0.05) is 20.8 Å². The molecule has 1 nitrogen and oxygen atoms in total. The third-order valence-electron chi connectivity index (χ3n) is 3.67. The molecule has 1 heteroatoms. The van der Waals surface area contributed by atoms with Crippen molar-refractivity contribution in [1.82, 2.24) is 0 Å². The molecule has 1 aliphatic heterocycles. The second-order valence-electron chi connectivity index (χ2n) is 5.84. The first kappa shape index (κ1) is 11.4. The monoisotopic (exact) mass is 215 g/mol. The topological polar surface area (TPSA) is 12.4 Å². The van der Waals surface area contributed by atoms with Gasteiger partial charge in [0.2, 0.25) is 0 Å². The van der Waals surface area contributed by atoms with Crippen LogP contribution in [-0.4, -0.2) is 6.21 Å². The average Bonchev–Trinajstić information content (AvgIpc) is 2.61. The molecular formula is C15H21N. The molecule has 0 saturated heterocycles. The van der Waals surface area contributed by atoms with Crippen molar-refractivity contribution in [3.8, 4) is 0 Å². The number of nitrogens with zero attached hydrogens (tertiary/aromatic N) is 1. The molecule has 1 aliphatic rings. The third kappa shape index (κ3) is 1.50. The van der Waals surface area contributed by atoms with Crippen LogP contribution in [0.1, 0.15) is 48.6 Å². The van der Waals surface area contributed by atoms with E-state index < -0.39 is 0 Å². The van der Waals surface area contributed by atoms with Crippen LogP contribution in [0.5, 0.6) is 0 Å². The van der Waals surface area contributed by atoms with Gasteiger partial charge in [-0.05, 0) is 54.0 Å². The summed E-state index contributed by atoms with van der Waals surface area (Å²) in [5, 5.41) is 0. The molecule has 86 valence electrons. The van der Waals surface area contributed by atoms with Gasteiger partial charge < -0.3 is 0 Å². The van der Waals surface area contributed by atoms with Gasteiger partial charge in [0.25, 0.3) is 0 Å². The van der Waals surface area contributed by atoms with Crippen LogP contribution >= 0.6 is 0 Å². The van der Waals surface area contributed by atoms with E-state index in [4.69, 9.17) is 0 Å². The summed E-state index contributed by atoms with van der Waals surface area (Å²) < 4.78 is 0. The molecule has 0 amide bonds. The van der Waals surface area contributed by atoms with Gasteiger partial charge in [-0.25, -0.2) is 0 Å². The minimum atomic E-state index is 0.200. The minimum Gasteiger partial charge on any atom is -0.260 e. The molecule has 0 unspecified atom stereocenters. The van der Waals surface area contributed by atoms with E-state index >= 15 is 0 Å². The summed E-state index contributed by atoms with van der Waals surface area (Å²) in [4.78, 5) is 4.55. The normalized spacial score (nSPS) is 14.4. The highest BCUT2D eigenvalue weighted by molar-refractivity contribution is 5.80. The summed E-state index contributed by atoms with van der Waals surface area (Å²) in [6.07, 6.45) is 3.05. The molecule has 0 atom stereocenters. The van der Waals surface area contributed by atoms with Crippen molar-refractivity contribution in [3.63, 3.8) is 0 Å². The lowest BCUT2D eigenvalue weighted by Crippen LogP contribution is -2.16. The van der Waals surface area contributed by atoms with Crippen molar-refractivity contribution in [1.29, 1.82) is 0 Å². The first-order valence-corrected chi connectivity index (χ1v) is 5.99. The Kier molecular flexibility index (Phi) is 2.45. The molecule has 0 saturated carbocycles. The molecule has 0 radical (unpaired) electrons. The Balaban J connectivity index is 2.81. The third-order valence-corrected chi connectivity index (χ3v) is 3.67. The number of hydrogen-bond donors (Lipinski definition) is 0. The molecule has 0 N–H and O–H groups in total. The zero-order chi connectivity index (χ0) is 12.1. The highest BCUT2D eigenvalue weighted by Gasteiger charge is 2.25. The zero-order valence-electron chi connectivity index (χ0n) is 11.2. The Hall–Kier alpha value is -1.11. The van der Waals surface area contributed by atoms with Gasteiger partial charge >= 0.3 is 0 Å². The Morgan fingerprint density at radius 3 is 2.19 bits per heavy atom. The maximum absolute atomic E-state index is 4.55. The van der Waals surface area contributed by atoms with Crippen LogP contribution in [0.15, 0.2) is 4.99 Å². The van der Waals surface area contributed by atoms with Crippen LogP contribution in [0.25, 0.3) is 0 Å². The van der Waals surface area contributed by atoms with Gasteiger partial charge in [-0.15, -0.1) is 0 Å². The first-order valence-electron chi connectivity index (χ1n) is 5.99. The van der Waals surface area contributed by atoms with Gasteiger partial charge in [0, 0.05) is 12.6 Å². The highest BCUT2D eigenvalue weighted by Crippen LogP contribution is 2.40. The van der Waals surface area contributed by atoms with Crippen LogP contribution in [0.3, 0.4) is 0 Å². The largest absolute Gasteiger partial charge is 0.260 e. The second-order valence-corrected chi connectivity index (χ2v) is 5.84. The fourth-order valence-corrected chi connectivity index (χ4v) is 3.00. The van der Waals surface area contributed by atoms with Crippen LogP contribution < -0.4 is 0 Å². The lowest BCUT2D eigenvalue weighted by atomic mass is 9.78. The molecule has 0 fully saturated rings. The van der Waals surface area contributed by atoms with E-state index in [1.165, 1.54) is 33.5 Å². The summed E-state index contributed by atoms with van der Waals surface area (Å²) in [6, 6.07) is 0. The quantitative estimate of drug-likeness (QED) is 0.616. The molecule has 0 bridgehead atoms. The lowest BCUT2D eigenvalue weighted by Gasteiger charge is -2.27. The van der Waals surface area contributed by atoms with Crippen molar-refractivity contribution in [2.45, 2.75) is 53.4 Å². The molecule has 1 aromatic rings. The Morgan fingerprint density at radius 1 is 1.00 bits per heavy atom. The predicted octanol–water partition coefficient (Wildman–Crippen LogP) is 4.17. The molecule has 2 rings (SSSR count). The van der Waals surface area contributed by atoms with Gasteiger partial charge in [0.1, 0.15) is 0 Å². The number of benzene rings is 1. The zero-order valence-corrected chi connectivity index (χ0v) is 11.2. The average molecular weight is 215 g/mol. The summed E-state index contributed by atoms with van der Waals surface area (Å²) >= 11 is 0. The van der Waals surface area contributed by atoms with E-state index in [9.17, 15) is 0 Å². The van der Waals surface area contributed by atoms with Crippen molar-refractivity contribution in [2.24, 2.45) is 4.99 Å². The molecule has 1 aromatic carbocycles. The highest BCUT2D eigenvalue weighted by atomic mass is 14.8. The molecule has 0 spiro atoms. The lowest BCUT2D eigenvalue weighted by molar-refractivity contribution is 0.581. The molecule has 0 aliphatic carbocycles. The first-order chi connectivity index (χ1) is 7.34. The fraction of sp³-hybridized carbons (Fsp3) is 0.533. The van der Waals surface area contributed by atoms with E-state index in [2.05, 4.69) is 46.5 Å².